The van der Waals surface area contributed by atoms with E-state index in [0.717, 1.165) is 11.3 Å². The number of carbonyl (C=O) groups excluding carboxylic acids is 1. The van der Waals surface area contributed by atoms with Crippen molar-refractivity contribution in [1.29, 1.82) is 0 Å². The highest BCUT2D eigenvalue weighted by atomic mass is 35.5. The molecule has 25 heavy (non-hydrogen) atoms. The molecule has 2 aromatic heterocycles. The van der Waals surface area contributed by atoms with Gasteiger partial charge in [-0.05, 0) is 30.7 Å². The molecule has 5 nitrogen and oxygen atoms in total. The Labute approximate surface area is 147 Å². The zero-order valence-corrected chi connectivity index (χ0v) is 14.1. The van der Waals surface area contributed by atoms with Crippen molar-refractivity contribution in [1.82, 2.24) is 9.97 Å². The molecule has 0 radical (unpaired) electrons. The van der Waals surface area contributed by atoms with Crippen LogP contribution in [0.4, 0.5) is 18.9 Å². The smallest absolute Gasteiger partial charge is 0.321 e. The highest BCUT2D eigenvalue weighted by Gasteiger charge is 2.35. The number of amides is 1. The second-order valence-corrected chi connectivity index (χ2v) is 6.55. The molecule has 130 valence electrons. The number of halogens is 4. The largest absolute Gasteiger partial charge is 0.449 e. The number of nitrogens with zero attached hydrogens (tertiary/aromatic N) is 1. The lowest BCUT2D eigenvalue weighted by Crippen LogP contribution is -2.18. The Kier molecular flexibility index (Phi) is 4.29. The molecular formula is C15H9ClF3N3O2S. The van der Waals surface area contributed by atoms with E-state index in [0.29, 0.717) is 10.7 Å². The number of H-pyrrole nitrogens is 1. The minimum Gasteiger partial charge on any atom is -0.321 e. The van der Waals surface area contributed by atoms with Crippen molar-refractivity contribution in [3.8, 4) is 0 Å². The van der Waals surface area contributed by atoms with Gasteiger partial charge in [0.05, 0.1) is 10.3 Å². The van der Waals surface area contributed by atoms with Gasteiger partial charge in [-0.15, -0.1) is 11.3 Å². The maximum Gasteiger partial charge on any atom is 0.449 e. The molecule has 2 heterocycles. The quantitative estimate of drug-likeness (QED) is 0.691. The molecule has 1 aromatic carbocycles. The monoisotopic (exact) mass is 387 g/mol. The number of carbonyl (C=O) groups is 1. The Morgan fingerprint density at radius 2 is 2.08 bits per heavy atom. The van der Waals surface area contributed by atoms with Crippen LogP contribution in [0, 0.1) is 6.92 Å². The summed E-state index contributed by atoms with van der Waals surface area (Å²) in [6.45, 7) is 1.48. The second-order valence-electron chi connectivity index (χ2n) is 5.11. The van der Waals surface area contributed by atoms with Crippen LogP contribution in [0.25, 0.3) is 10.2 Å². The van der Waals surface area contributed by atoms with Crippen LogP contribution in [0.2, 0.25) is 5.02 Å². The highest BCUT2D eigenvalue weighted by molar-refractivity contribution is 7.20. The van der Waals surface area contributed by atoms with Crippen molar-refractivity contribution in [3.05, 3.63) is 55.9 Å². The van der Waals surface area contributed by atoms with Gasteiger partial charge in [0, 0.05) is 10.7 Å². The molecule has 1 amide bonds. The predicted octanol–water partition coefficient (Wildman–Crippen LogP) is 4.22. The number of hydrogen-bond acceptors (Lipinski definition) is 4. The normalized spacial score (nSPS) is 11.7. The number of aryl methyl sites for hydroxylation is 1. The SMILES string of the molecule is Cc1c(C(=O)Nc2cccc(Cl)c2)sc2nc(C(F)(F)F)[nH]c(=O)c12. The first-order chi connectivity index (χ1) is 11.7. The first-order valence-electron chi connectivity index (χ1n) is 6.84. The molecular weight excluding hydrogens is 379 g/mol. The van der Waals surface area contributed by atoms with Crippen molar-refractivity contribution in [2.24, 2.45) is 0 Å². The number of alkyl halides is 3. The van der Waals surface area contributed by atoms with E-state index in [-0.39, 0.29) is 20.7 Å². The third kappa shape index (κ3) is 3.38. The lowest BCUT2D eigenvalue weighted by atomic mass is 10.2. The average molecular weight is 388 g/mol. The van der Waals surface area contributed by atoms with Crippen LogP contribution in [0.1, 0.15) is 21.1 Å². The summed E-state index contributed by atoms with van der Waals surface area (Å²) in [6.07, 6.45) is -4.78. The average Bonchev–Trinajstić information content (AvgIpc) is 2.84. The molecule has 0 aliphatic rings. The van der Waals surface area contributed by atoms with Gasteiger partial charge in [0.15, 0.2) is 0 Å². The van der Waals surface area contributed by atoms with Gasteiger partial charge in [-0.25, -0.2) is 4.98 Å². The van der Waals surface area contributed by atoms with E-state index in [1.165, 1.54) is 13.0 Å². The van der Waals surface area contributed by atoms with Gasteiger partial charge in [-0.1, -0.05) is 17.7 Å². The maximum atomic E-state index is 12.8. The fourth-order valence-electron chi connectivity index (χ4n) is 2.25. The van der Waals surface area contributed by atoms with Crippen molar-refractivity contribution < 1.29 is 18.0 Å². The Morgan fingerprint density at radius 1 is 1.36 bits per heavy atom. The van der Waals surface area contributed by atoms with Crippen LogP contribution in [0.3, 0.4) is 0 Å². The van der Waals surface area contributed by atoms with Crippen LogP contribution in [-0.2, 0) is 6.18 Å². The molecule has 3 rings (SSSR count). The standard InChI is InChI=1S/C15H9ClF3N3O2S/c1-6-9-11(23)21-14(15(17,18)19)22-13(9)25-10(6)12(24)20-8-4-2-3-7(16)5-8/h2-5H,1H3,(H,20,24)(H,21,22,23). The van der Waals surface area contributed by atoms with Crippen LogP contribution in [0.5, 0.6) is 0 Å². The first-order valence-corrected chi connectivity index (χ1v) is 8.04. The van der Waals surface area contributed by atoms with Gasteiger partial charge in [0.2, 0.25) is 5.82 Å². The molecule has 0 saturated carbocycles. The van der Waals surface area contributed by atoms with Gasteiger partial charge in [0.25, 0.3) is 11.5 Å². The predicted molar refractivity (Wildman–Crippen MR) is 89.4 cm³/mol. The van der Waals surface area contributed by atoms with Gasteiger partial charge in [-0.2, -0.15) is 13.2 Å². The second kappa shape index (κ2) is 6.16. The van der Waals surface area contributed by atoms with E-state index in [1.807, 2.05) is 0 Å². The van der Waals surface area contributed by atoms with E-state index >= 15 is 0 Å². The van der Waals surface area contributed by atoms with Gasteiger partial charge < -0.3 is 10.3 Å². The number of hydrogen-bond donors (Lipinski definition) is 2. The summed E-state index contributed by atoms with van der Waals surface area (Å²) in [5.41, 5.74) is -0.248. The van der Waals surface area contributed by atoms with Crippen LogP contribution >= 0.6 is 22.9 Å². The fourth-order valence-corrected chi connectivity index (χ4v) is 3.52. The number of nitrogens with one attached hydrogen (secondary N) is 2. The number of rotatable bonds is 2. The number of fused-ring (bicyclic) bond motifs is 1. The van der Waals surface area contributed by atoms with E-state index in [4.69, 9.17) is 11.6 Å². The minimum atomic E-state index is -4.78. The molecule has 2 N–H and O–H groups in total. The van der Waals surface area contributed by atoms with E-state index in [2.05, 4.69) is 10.3 Å². The lowest BCUT2D eigenvalue weighted by Gasteiger charge is -2.04. The summed E-state index contributed by atoms with van der Waals surface area (Å²) in [6, 6.07) is 6.40. The van der Waals surface area contributed by atoms with Gasteiger partial charge in [-0.3, -0.25) is 9.59 Å². The molecule has 0 atom stereocenters. The van der Waals surface area contributed by atoms with E-state index in [9.17, 15) is 22.8 Å². The molecule has 10 heteroatoms. The lowest BCUT2D eigenvalue weighted by molar-refractivity contribution is -0.144. The van der Waals surface area contributed by atoms with Crippen molar-refractivity contribution >= 4 is 44.7 Å². The summed E-state index contributed by atoms with van der Waals surface area (Å²) in [5.74, 6) is -1.95. The third-order valence-corrected chi connectivity index (χ3v) is 4.78. The molecule has 0 saturated heterocycles. The summed E-state index contributed by atoms with van der Waals surface area (Å²) in [4.78, 5) is 29.5. The highest BCUT2D eigenvalue weighted by Crippen LogP contribution is 2.31. The molecule has 0 aliphatic carbocycles. The number of anilines is 1. The number of aromatic amines is 1. The zero-order chi connectivity index (χ0) is 18.4. The molecule has 0 spiro atoms. The Morgan fingerprint density at radius 3 is 2.72 bits per heavy atom. The number of benzene rings is 1. The van der Waals surface area contributed by atoms with Crippen LogP contribution < -0.4 is 10.9 Å². The molecule has 0 bridgehead atoms. The van der Waals surface area contributed by atoms with Gasteiger partial charge in [0.1, 0.15) is 4.83 Å². The summed E-state index contributed by atoms with van der Waals surface area (Å²) in [7, 11) is 0. The van der Waals surface area contributed by atoms with Crippen molar-refractivity contribution in [3.63, 3.8) is 0 Å². The number of thiophene rings is 1. The van der Waals surface area contributed by atoms with Crippen molar-refractivity contribution in [2.75, 3.05) is 5.32 Å². The van der Waals surface area contributed by atoms with Gasteiger partial charge >= 0.3 is 6.18 Å². The van der Waals surface area contributed by atoms with E-state index in [1.54, 1.807) is 23.2 Å². The topological polar surface area (TPSA) is 74.8 Å². The summed E-state index contributed by atoms with van der Waals surface area (Å²) < 4.78 is 38.3. The summed E-state index contributed by atoms with van der Waals surface area (Å²) in [5, 5.41) is 2.97. The first kappa shape index (κ1) is 17.4. The minimum absolute atomic E-state index is 0.0331. The van der Waals surface area contributed by atoms with Crippen LogP contribution in [-0.4, -0.2) is 15.9 Å². The summed E-state index contributed by atoms with van der Waals surface area (Å²) >= 11 is 6.56. The van der Waals surface area contributed by atoms with E-state index < -0.39 is 23.5 Å². The third-order valence-electron chi connectivity index (χ3n) is 3.36. The van der Waals surface area contributed by atoms with Crippen LogP contribution in [0.15, 0.2) is 29.1 Å². The van der Waals surface area contributed by atoms with Crippen molar-refractivity contribution in [2.45, 2.75) is 13.1 Å². The number of aromatic nitrogens is 2. The fraction of sp³-hybridized carbons (Fsp3) is 0.133. The molecule has 0 fully saturated rings. The zero-order valence-electron chi connectivity index (χ0n) is 12.5. The Hall–Kier alpha value is -2.39. The molecule has 3 aromatic rings. The Balaban J connectivity index is 2.05. The Bertz CT molecular complexity index is 1040. The maximum absolute atomic E-state index is 12.8. The molecule has 0 aliphatic heterocycles. The molecule has 0 unspecified atom stereocenters.